The average Bonchev–Trinajstić information content (AvgIpc) is 2.66. The van der Waals surface area contributed by atoms with Crippen molar-refractivity contribution >= 4 is 5.91 Å². The van der Waals surface area contributed by atoms with Gasteiger partial charge in [-0.2, -0.15) is 13.2 Å². The standard InChI is InChI=1S/C20H16F3N3O2/c1-12-9-15(20(21,22)23)8-7-14(12)11-24-19(28)16-10-17(27)26-18(25-16)13-5-3-2-4-6-13/h2-10H,11H2,1H3,(H,24,28)(H,25,26,27). The highest BCUT2D eigenvalue weighted by molar-refractivity contribution is 5.92. The number of hydrogen-bond acceptors (Lipinski definition) is 3. The molecule has 3 rings (SSSR count). The van der Waals surface area contributed by atoms with Crippen LogP contribution in [0.3, 0.4) is 0 Å². The first kappa shape index (κ1) is 19.3. The van der Waals surface area contributed by atoms with Crippen LogP contribution >= 0.6 is 0 Å². The SMILES string of the molecule is Cc1cc(C(F)(F)F)ccc1CNC(=O)c1cc(=O)[nH]c(-c2ccccc2)n1. The van der Waals surface area contributed by atoms with Crippen LogP contribution in [-0.2, 0) is 12.7 Å². The van der Waals surface area contributed by atoms with Crippen LogP contribution in [0.25, 0.3) is 11.4 Å². The second kappa shape index (κ2) is 7.67. The summed E-state index contributed by atoms with van der Waals surface area (Å²) in [6.07, 6.45) is -4.42. The number of alkyl halides is 3. The number of H-pyrrole nitrogens is 1. The number of aromatic nitrogens is 2. The first-order valence-corrected chi connectivity index (χ1v) is 8.36. The maximum absolute atomic E-state index is 12.7. The molecule has 0 unspecified atom stereocenters. The van der Waals surface area contributed by atoms with Gasteiger partial charge in [0.05, 0.1) is 5.56 Å². The van der Waals surface area contributed by atoms with E-state index < -0.39 is 23.2 Å². The summed E-state index contributed by atoms with van der Waals surface area (Å²) in [6, 6.07) is 13.2. The van der Waals surface area contributed by atoms with Crippen LogP contribution in [0, 0.1) is 6.92 Å². The summed E-state index contributed by atoms with van der Waals surface area (Å²) in [5.74, 6) is -0.341. The lowest BCUT2D eigenvalue weighted by molar-refractivity contribution is -0.137. The minimum Gasteiger partial charge on any atom is -0.347 e. The van der Waals surface area contributed by atoms with Gasteiger partial charge in [-0.3, -0.25) is 9.59 Å². The van der Waals surface area contributed by atoms with Crippen LogP contribution in [0.4, 0.5) is 13.2 Å². The lowest BCUT2D eigenvalue weighted by Gasteiger charge is -2.12. The summed E-state index contributed by atoms with van der Waals surface area (Å²) in [4.78, 5) is 31.0. The molecule has 0 saturated carbocycles. The molecule has 0 bridgehead atoms. The number of amides is 1. The van der Waals surface area contributed by atoms with E-state index in [2.05, 4.69) is 15.3 Å². The number of carbonyl (C=O) groups is 1. The van der Waals surface area contributed by atoms with Crippen molar-refractivity contribution in [3.8, 4) is 11.4 Å². The van der Waals surface area contributed by atoms with Crippen molar-refractivity contribution in [3.05, 3.63) is 87.3 Å². The van der Waals surface area contributed by atoms with Crippen LogP contribution in [0.5, 0.6) is 0 Å². The molecule has 28 heavy (non-hydrogen) atoms. The Morgan fingerprint density at radius 3 is 2.46 bits per heavy atom. The van der Waals surface area contributed by atoms with Crippen molar-refractivity contribution in [1.82, 2.24) is 15.3 Å². The van der Waals surface area contributed by atoms with E-state index in [1.807, 2.05) is 6.07 Å². The number of halogens is 3. The highest BCUT2D eigenvalue weighted by Crippen LogP contribution is 2.30. The Morgan fingerprint density at radius 1 is 1.11 bits per heavy atom. The van der Waals surface area contributed by atoms with Crippen LogP contribution in [0.2, 0.25) is 0 Å². The fourth-order valence-corrected chi connectivity index (χ4v) is 2.64. The Bertz CT molecular complexity index is 1060. The average molecular weight is 387 g/mol. The summed E-state index contributed by atoms with van der Waals surface area (Å²) in [6.45, 7) is 1.55. The molecule has 0 saturated heterocycles. The predicted octanol–water partition coefficient (Wildman–Crippen LogP) is 3.69. The molecule has 0 aliphatic rings. The topological polar surface area (TPSA) is 74.8 Å². The first-order valence-electron chi connectivity index (χ1n) is 8.36. The third-order valence-corrected chi connectivity index (χ3v) is 4.13. The second-order valence-electron chi connectivity index (χ2n) is 6.17. The Labute approximate surface area is 158 Å². The van der Waals surface area contributed by atoms with Gasteiger partial charge in [0.2, 0.25) is 0 Å². The number of nitrogens with zero attached hydrogens (tertiary/aromatic N) is 1. The first-order chi connectivity index (χ1) is 13.2. The lowest BCUT2D eigenvalue weighted by atomic mass is 10.0. The van der Waals surface area contributed by atoms with E-state index in [-0.39, 0.29) is 18.1 Å². The van der Waals surface area contributed by atoms with Crippen LogP contribution in [0.1, 0.15) is 27.2 Å². The summed E-state index contributed by atoms with van der Waals surface area (Å²) in [5, 5.41) is 2.58. The normalized spacial score (nSPS) is 11.3. The van der Waals surface area contributed by atoms with Crippen molar-refractivity contribution in [1.29, 1.82) is 0 Å². The Hall–Kier alpha value is -3.42. The molecular weight excluding hydrogens is 371 g/mol. The molecule has 0 aliphatic carbocycles. The fraction of sp³-hybridized carbons (Fsp3) is 0.150. The maximum atomic E-state index is 12.7. The van der Waals surface area contributed by atoms with Gasteiger partial charge < -0.3 is 10.3 Å². The van der Waals surface area contributed by atoms with E-state index >= 15 is 0 Å². The molecule has 0 fully saturated rings. The van der Waals surface area contributed by atoms with E-state index in [1.54, 1.807) is 24.3 Å². The van der Waals surface area contributed by atoms with Crippen LogP contribution in [0.15, 0.2) is 59.4 Å². The molecule has 1 heterocycles. The lowest BCUT2D eigenvalue weighted by Crippen LogP contribution is -2.26. The number of benzene rings is 2. The number of aromatic amines is 1. The minimum atomic E-state index is -4.42. The van der Waals surface area contributed by atoms with Gasteiger partial charge in [-0.1, -0.05) is 36.4 Å². The molecule has 2 aromatic carbocycles. The largest absolute Gasteiger partial charge is 0.416 e. The summed E-state index contributed by atoms with van der Waals surface area (Å²) >= 11 is 0. The molecule has 1 aromatic heterocycles. The molecule has 5 nitrogen and oxygen atoms in total. The molecule has 0 aliphatic heterocycles. The minimum absolute atomic E-state index is 0.0119. The van der Waals surface area contributed by atoms with E-state index in [0.29, 0.717) is 16.7 Å². The highest BCUT2D eigenvalue weighted by Gasteiger charge is 2.30. The number of aryl methyl sites for hydroxylation is 1. The van der Waals surface area contributed by atoms with Crippen molar-refractivity contribution < 1.29 is 18.0 Å². The van der Waals surface area contributed by atoms with Crippen molar-refractivity contribution in [2.24, 2.45) is 0 Å². The van der Waals surface area contributed by atoms with Crippen LogP contribution < -0.4 is 10.9 Å². The van der Waals surface area contributed by atoms with Gasteiger partial charge in [0.25, 0.3) is 11.5 Å². The number of hydrogen-bond donors (Lipinski definition) is 2. The quantitative estimate of drug-likeness (QED) is 0.717. The zero-order valence-electron chi connectivity index (χ0n) is 14.8. The number of nitrogens with one attached hydrogen (secondary N) is 2. The van der Waals surface area contributed by atoms with Gasteiger partial charge in [0, 0.05) is 18.2 Å². The maximum Gasteiger partial charge on any atom is 0.416 e. The molecule has 0 atom stereocenters. The summed E-state index contributed by atoms with van der Waals surface area (Å²) in [7, 11) is 0. The van der Waals surface area contributed by atoms with E-state index in [1.165, 1.54) is 13.0 Å². The molecule has 8 heteroatoms. The molecule has 1 amide bonds. The zero-order chi connectivity index (χ0) is 20.3. The van der Waals surface area contributed by atoms with E-state index in [0.717, 1.165) is 18.2 Å². The van der Waals surface area contributed by atoms with Gasteiger partial charge in [-0.05, 0) is 30.2 Å². The smallest absolute Gasteiger partial charge is 0.347 e. The molecule has 144 valence electrons. The molecule has 2 N–H and O–H groups in total. The highest BCUT2D eigenvalue weighted by atomic mass is 19.4. The van der Waals surface area contributed by atoms with Crippen molar-refractivity contribution in [2.45, 2.75) is 19.6 Å². The zero-order valence-corrected chi connectivity index (χ0v) is 14.8. The summed E-state index contributed by atoms with van der Waals surface area (Å²) in [5.41, 5.74) is 0.280. The Balaban J connectivity index is 1.77. The monoisotopic (exact) mass is 387 g/mol. The van der Waals surface area contributed by atoms with Gasteiger partial charge >= 0.3 is 6.18 Å². The van der Waals surface area contributed by atoms with Gasteiger partial charge in [0.1, 0.15) is 11.5 Å². The predicted molar refractivity (Wildman–Crippen MR) is 97.6 cm³/mol. The molecule has 3 aromatic rings. The molecule has 0 radical (unpaired) electrons. The van der Waals surface area contributed by atoms with E-state index in [4.69, 9.17) is 0 Å². The van der Waals surface area contributed by atoms with Crippen LogP contribution in [-0.4, -0.2) is 15.9 Å². The second-order valence-corrected chi connectivity index (χ2v) is 6.17. The number of rotatable bonds is 4. The van der Waals surface area contributed by atoms with E-state index in [9.17, 15) is 22.8 Å². The van der Waals surface area contributed by atoms with Gasteiger partial charge in [0.15, 0.2) is 0 Å². The molecule has 0 spiro atoms. The number of carbonyl (C=O) groups excluding carboxylic acids is 1. The van der Waals surface area contributed by atoms with Crippen molar-refractivity contribution in [3.63, 3.8) is 0 Å². The Morgan fingerprint density at radius 2 is 1.82 bits per heavy atom. The Kier molecular flexibility index (Phi) is 5.30. The summed E-state index contributed by atoms with van der Waals surface area (Å²) < 4.78 is 38.2. The van der Waals surface area contributed by atoms with Crippen molar-refractivity contribution in [2.75, 3.05) is 0 Å². The third-order valence-electron chi connectivity index (χ3n) is 4.13. The van der Waals surface area contributed by atoms with Gasteiger partial charge in [-0.25, -0.2) is 4.98 Å². The fourth-order valence-electron chi connectivity index (χ4n) is 2.64. The third kappa shape index (κ3) is 4.46. The molecular formula is C20H16F3N3O2. The van der Waals surface area contributed by atoms with Gasteiger partial charge in [-0.15, -0.1) is 0 Å².